The second kappa shape index (κ2) is 7.03. The molecule has 5 nitrogen and oxygen atoms in total. The van der Waals surface area contributed by atoms with Gasteiger partial charge in [0.1, 0.15) is 10.7 Å². The minimum Gasteiger partial charge on any atom is -0.368 e. The number of benzene rings is 1. The molecule has 1 amide bonds. The second-order valence-electron chi connectivity index (χ2n) is 5.87. The molecule has 0 unspecified atom stereocenters. The first-order valence-electron chi connectivity index (χ1n) is 8.27. The van der Waals surface area contributed by atoms with E-state index in [1.165, 1.54) is 17.0 Å². The fourth-order valence-corrected chi connectivity index (χ4v) is 3.72. The summed E-state index contributed by atoms with van der Waals surface area (Å²) in [6, 6.07) is 16.0. The highest BCUT2D eigenvalue weighted by Crippen LogP contribution is 2.23. The van der Waals surface area contributed by atoms with Gasteiger partial charge < -0.3 is 9.80 Å². The lowest BCUT2D eigenvalue weighted by Crippen LogP contribution is -2.48. The minimum atomic E-state index is 0.00569. The molecule has 1 fully saturated rings. The molecule has 0 atom stereocenters. The molecule has 25 heavy (non-hydrogen) atoms. The first-order valence-corrected chi connectivity index (χ1v) is 9.15. The lowest BCUT2D eigenvalue weighted by Gasteiger charge is -2.35. The van der Waals surface area contributed by atoms with E-state index in [4.69, 9.17) is 0 Å². The third-order valence-electron chi connectivity index (χ3n) is 4.30. The van der Waals surface area contributed by atoms with Crippen LogP contribution in [0.15, 0.2) is 60.1 Å². The van der Waals surface area contributed by atoms with Crippen LogP contribution in [-0.2, 0) is 0 Å². The van der Waals surface area contributed by atoms with Crippen molar-refractivity contribution in [1.29, 1.82) is 0 Å². The summed E-state index contributed by atoms with van der Waals surface area (Å²) in [5, 5.41) is 2.61. The zero-order valence-corrected chi connectivity index (χ0v) is 14.5. The van der Waals surface area contributed by atoms with Gasteiger partial charge in [0.05, 0.1) is 5.69 Å². The Balaban J connectivity index is 1.42. The predicted octanol–water partition coefficient (Wildman–Crippen LogP) is 3.17. The predicted molar refractivity (Wildman–Crippen MR) is 99.9 cm³/mol. The number of amides is 1. The van der Waals surface area contributed by atoms with Gasteiger partial charge in [-0.1, -0.05) is 24.3 Å². The van der Waals surface area contributed by atoms with Gasteiger partial charge in [-0.25, -0.2) is 4.98 Å². The molecule has 6 heteroatoms. The van der Waals surface area contributed by atoms with Crippen LogP contribution in [0.5, 0.6) is 0 Å². The molecule has 1 aliphatic rings. The van der Waals surface area contributed by atoms with Crippen LogP contribution >= 0.6 is 11.3 Å². The number of para-hydroxylation sites is 1. The van der Waals surface area contributed by atoms with Crippen molar-refractivity contribution in [1.82, 2.24) is 14.9 Å². The molecule has 0 saturated carbocycles. The maximum atomic E-state index is 12.7. The summed E-state index contributed by atoms with van der Waals surface area (Å²) >= 11 is 1.46. The summed E-state index contributed by atoms with van der Waals surface area (Å²) in [5.41, 5.74) is 2.53. The van der Waals surface area contributed by atoms with Crippen LogP contribution in [0.2, 0.25) is 0 Å². The molecule has 126 valence electrons. The molecule has 2 aromatic heterocycles. The van der Waals surface area contributed by atoms with Gasteiger partial charge >= 0.3 is 0 Å². The third kappa shape index (κ3) is 3.39. The van der Waals surface area contributed by atoms with Gasteiger partial charge in [0.15, 0.2) is 0 Å². The Hall–Kier alpha value is -2.73. The molecule has 0 aliphatic carbocycles. The van der Waals surface area contributed by atoms with Crippen molar-refractivity contribution < 1.29 is 4.79 Å². The number of pyridine rings is 1. The Labute approximate surface area is 150 Å². The maximum absolute atomic E-state index is 12.7. The van der Waals surface area contributed by atoms with Crippen LogP contribution in [0.1, 0.15) is 10.5 Å². The van der Waals surface area contributed by atoms with Gasteiger partial charge in [0.2, 0.25) is 0 Å². The summed E-state index contributed by atoms with van der Waals surface area (Å²) in [6.07, 6.45) is 1.74. The average Bonchev–Trinajstić information content (AvgIpc) is 3.19. The highest BCUT2D eigenvalue weighted by Gasteiger charge is 2.24. The molecular formula is C19H18N4OS. The Kier molecular flexibility index (Phi) is 4.43. The fraction of sp³-hybridized carbons (Fsp3) is 0.211. The second-order valence-corrected chi connectivity index (χ2v) is 6.73. The Bertz CT molecular complexity index is 842. The van der Waals surface area contributed by atoms with Crippen LogP contribution in [0.25, 0.3) is 10.7 Å². The Morgan fingerprint density at radius 2 is 1.72 bits per heavy atom. The average molecular weight is 350 g/mol. The van der Waals surface area contributed by atoms with Crippen molar-refractivity contribution >= 4 is 22.9 Å². The summed E-state index contributed by atoms with van der Waals surface area (Å²) in [4.78, 5) is 25.7. The molecule has 3 heterocycles. The number of thiazole rings is 1. The highest BCUT2D eigenvalue weighted by atomic mass is 32.1. The maximum Gasteiger partial charge on any atom is 0.273 e. The van der Waals surface area contributed by atoms with Crippen LogP contribution in [0.4, 0.5) is 5.69 Å². The van der Waals surface area contributed by atoms with Gasteiger partial charge in [-0.05, 0) is 24.3 Å². The zero-order valence-electron chi connectivity index (χ0n) is 13.7. The molecule has 0 bridgehead atoms. The molecule has 0 radical (unpaired) electrons. The van der Waals surface area contributed by atoms with Gasteiger partial charge in [0.25, 0.3) is 5.91 Å². The number of hydrogen-bond donors (Lipinski definition) is 0. The molecule has 1 aromatic carbocycles. The number of piperazine rings is 1. The van der Waals surface area contributed by atoms with Gasteiger partial charge in [0, 0.05) is 43.4 Å². The Morgan fingerprint density at radius 3 is 2.44 bits per heavy atom. The first kappa shape index (κ1) is 15.8. The van der Waals surface area contributed by atoms with Crippen LogP contribution in [0.3, 0.4) is 0 Å². The van der Waals surface area contributed by atoms with Crippen molar-refractivity contribution in [2.24, 2.45) is 0 Å². The number of carbonyl (C=O) groups is 1. The van der Waals surface area contributed by atoms with E-state index in [9.17, 15) is 4.79 Å². The van der Waals surface area contributed by atoms with Crippen LogP contribution in [-0.4, -0.2) is 47.0 Å². The molecule has 0 N–H and O–H groups in total. The number of carbonyl (C=O) groups excluding carboxylic acids is 1. The van der Waals surface area contributed by atoms with Gasteiger partial charge in [-0.15, -0.1) is 11.3 Å². The summed E-state index contributed by atoms with van der Waals surface area (Å²) in [6.45, 7) is 3.11. The van der Waals surface area contributed by atoms with Crippen molar-refractivity contribution in [2.75, 3.05) is 31.1 Å². The monoisotopic (exact) mass is 350 g/mol. The summed E-state index contributed by atoms with van der Waals surface area (Å²) in [7, 11) is 0. The molecule has 4 rings (SSSR count). The lowest BCUT2D eigenvalue weighted by molar-refractivity contribution is 0.0742. The largest absolute Gasteiger partial charge is 0.368 e. The smallest absolute Gasteiger partial charge is 0.273 e. The SMILES string of the molecule is O=C(c1csc(-c2ccccn2)n1)N1CCN(c2ccccc2)CC1. The van der Waals surface area contributed by atoms with Gasteiger partial charge in [-0.2, -0.15) is 0 Å². The lowest BCUT2D eigenvalue weighted by atomic mass is 10.2. The Morgan fingerprint density at radius 1 is 0.960 bits per heavy atom. The quantitative estimate of drug-likeness (QED) is 0.728. The van der Waals surface area contributed by atoms with Crippen molar-refractivity contribution in [3.63, 3.8) is 0 Å². The highest BCUT2D eigenvalue weighted by molar-refractivity contribution is 7.13. The molecular weight excluding hydrogens is 332 g/mol. The van der Waals surface area contributed by atoms with Crippen molar-refractivity contribution in [2.45, 2.75) is 0 Å². The van der Waals surface area contributed by atoms with Crippen LogP contribution < -0.4 is 4.90 Å². The minimum absolute atomic E-state index is 0.00569. The van der Waals surface area contributed by atoms with E-state index in [0.29, 0.717) is 18.8 Å². The van der Waals surface area contributed by atoms with Crippen molar-refractivity contribution in [3.8, 4) is 10.7 Å². The fourth-order valence-electron chi connectivity index (χ4n) is 2.95. The van der Waals surface area contributed by atoms with E-state index in [0.717, 1.165) is 23.8 Å². The first-order chi connectivity index (χ1) is 12.3. The normalized spacial score (nSPS) is 14.6. The number of nitrogens with zero attached hydrogens (tertiary/aromatic N) is 4. The van der Waals surface area contributed by atoms with E-state index < -0.39 is 0 Å². The van der Waals surface area contributed by atoms with Crippen molar-refractivity contribution in [3.05, 3.63) is 65.8 Å². The van der Waals surface area contributed by atoms with Gasteiger partial charge in [-0.3, -0.25) is 9.78 Å². The molecule has 1 aliphatic heterocycles. The van der Waals surface area contributed by atoms with E-state index in [1.807, 2.05) is 46.7 Å². The third-order valence-corrected chi connectivity index (χ3v) is 5.16. The zero-order chi connectivity index (χ0) is 17.1. The molecule has 3 aromatic rings. The molecule has 1 saturated heterocycles. The molecule has 0 spiro atoms. The van der Waals surface area contributed by atoms with E-state index in [-0.39, 0.29) is 5.91 Å². The van der Waals surface area contributed by atoms with Crippen LogP contribution in [0, 0.1) is 0 Å². The van der Waals surface area contributed by atoms with E-state index >= 15 is 0 Å². The summed E-state index contributed by atoms with van der Waals surface area (Å²) in [5.74, 6) is 0.00569. The standard InChI is InChI=1S/C19H18N4OS/c24-19(17-14-25-18(21-17)16-8-4-5-9-20-16)23-12-10-22(11-13-23)15-6-2-1-3-7-15/h1-9,14H,10-13H2. The topological polar surface area (TPSA) is 49.3 Å². The summed E-state index contributed by atoms with van der Waals surface area (Å²) < 4.78 is 0. The number of anilines is 1. The number of aromatic nitrogens is 2. The number of hydrogen-bond acceptors (Lipinski definition) is 5. The van der Waals surface area contributed by atoms with E-state index in [2.05, 4.69) is 27.0 Å². The van der Waals surface area contributed by atoms with E-state index in [1.54, 1.807) is 6.20 Å². The number of rotatable bonds is 3.